The van der Waals surface area contributed by atoms with Crippen LogP contribution in [0.1, 0.15) is 49.4 Å². The van der Waals surface area contributed by atoms with Crippen LogP contribution in [0.2, 0.25) is 0 Å². The summed E-state index contributed by atoms with van der Waals surface area (Å²) in [5.74, 6) is -0.628. The molecule has 0 radical (unpaired) electrons. The third kappa shape index (κ3) is 3.42. The summed E-state index contributed by atoms with van der Waals surface area (Å²) in [6.07, 6.45) is 6.56. The van der Waals surface area contributed by atoms with Crippen molar-refractivity contribution in [3.05, 3.63) is 59.4 Å². The highest BCUT2D eigenvalue weighted by atomic mass is 16.5. The average Bonchev–Trinajstić information content (AvgIpc) is 3.10. The fraction of sp³-hybridized carbons (Fsp3) is 0.400. The van der Waals surface area contributed by atoms with Gasteiger partial charge >= 0.3 is 0 Å². The van der Waals surface area contributed by atoms with E-state index in [9.17, 15) is 14.7 Å². The van der Waals surface area contributed by atoms with Gasteiger partial charge in [0.15, 0.2) is 0 Å². The molecule has 1 saturated carbocycles. The molecule has 3 heterocycles. The van der Waals surface area contributed by atoms with Crippen LogP contribution in [0.4, 0.5) is 5.69 Å². The third-order valence-corrected chi connectivity index (χ3v) is 6.74. The lowest BCUT2D eigenvalue weighted by atomic mass is 9.92. The summed E-state index contributed by atoms with van der Waals surface area (Å²) in [4.78, 5) is 34.6. The van der Waals surface area contributed by atoms with E-state index in [4.69, 9.17) is 4.74 Å². The zero-order chi connectivity index (χ0) is 22.2. The van der Waals surface area contributed by atoms with Crippen molar-refractivity contribution in [2.75, 3.05) is 25.1 Å². The van der Waals surface area contributed by atoms with Crippen LogP contribution >= 0.6 is 0 Å². The zero-order valence-electron chi connectivity index (χ0n) is 18.2. The Morgan fingerprint density at radius 2 is 1.94 bits per heavy atom. The topological polar surface area (TPSA) is 83.0 Å². The molecular formula is C25H27N3O4. The summed E-state index contributed by atoms with van der Waals surface area (Å²) in [7, 11) is 1.96. The molecule has 1 saturated heterocycles. The molecule has 1 aliphatic carbocycles. The highest BCUT2D eigenvalue weighted by molar-refractivity contribution is 6.46. The molecule has 5 rings (SSSR count). The number of carbonyl (C=O) groups excluding carboxylic acids is 2. The number of nitrogens with zero attached hydrogens (tertiary/aromatic N) is 3. The van der Waals surface area contributed by atoms with E-state index in [1.807, 2.05) is 30.1 Å². The van der Waals surface area contributed by atoms with Crippen molar-refractivity contribution < 1.29 is 19.4 Å². The van der Waals surface area contributed by atoms with Gasteiger partial charge in [-0.2, -0.15) is 0 Å². The van der Waals surface area contributed by atoms with Crippen molar-refractivity contribution in [1.82, 2.24) is 9.88 Å². The van der Waals surface area contributed by atoms with E-state index in [-0.39, 0.29) is 17.4 Å². The van der Waals surface area contributed by atoms with Crippen LogP contribution in [0.15, 0.2) is 48.2 Å². The first kappa shape index (κ1) is 20.5. The van der Waals surface area contributed by atoms with Crippen LogP contribution in [0.5, 0.6) is 5.75 Å². The molecule has 2 aromatic rings. The van der Waals surface area contributed by atoms with Gasteiger partial charge in [0, 0.05) is 24.8 Å². The number of anilines is 1. The van der Waals surface area contributed by atoms with Gasteiger partial charge in [-0.1, -0.05) is 25.3 Å². The molecule has 3 aliphatic rings. The number of ketones is 1. The van der Waals surface area contributed by atoms with Crippen molar-refractivity contribution in [3.8, 4) is 5.75 Å². The first-order valence-electron chi connectivity index (χ1n) is 11.3. The minimum atomic E-state index is -0.690. The van der Waals surface area contributed by atoms with Gasteiger partial charge in [-0.3, -0.25) is 14.6 Å². The highest BCUT2D eigenvalue weighted by Crippen LogP contribution is 2.43. The average molecular weight is 434 g/mol. The quantitative estimate of drug-likeness (QED) is 0.452. The summed E-state index contributed by atoms with van der Waals surface area (Å²) in [5, 5.41) is 11.3. The van der Waals surface area contributed by atoms with Gasteiger partial charge in [0.05, 0.1) is 23.5 Å². The number of rotatable bonds is 3. The minimum Gasteiger partial charge on any atom is -0.507 e. The van der Waals surface area contributed by atoms with Gasteiger partial charge < -0.3 is 19.6 Å². The molecule has 7 nitrogen and oxygen atoms in total. The lowest BCUT2D eigenvalue weighted by molar-refractivity contribution is -0.141. The molecule has 32 heavy (non-hydrogen) atoms. The molecule has 1 aromatic heterocycles. The maximum Gasteiger partial charge on any atom is 0.295 e. The van der Waals surface area contributed by atoms with Gasteiger partial charge in [-0.05, 0) is 43.2 Å². The van der Waals surface area contributed by atoms with E-state index in [1.165, 1.54) is 0 Å². The Bertz CT molecular complexity index is 1080. The number of ether oxygens (including phenoxy) is 1. The number of Topliss-reactive ketones (excluding diaryl/α,β-unsaturated/α-hetero) is 1. The van der Waals surface area contributed by atoms with E-state index < -0.39 is 17.7 Å². The predicted molar refractivity (Wildman–Crippen MR) is 120 cm³/mol. The molecule has 166 valence electrons. The van der Waals surface area contributed by atoms with Crippen molar-refractivity contribution in [3.63, 3.8) is 0 Å². The molecule has 1 N–H and O–H groups in total. The van der Waals surface area contributed by atoms with Gasteiger partial charge in [0.2, 0.25) is 0 Å². The molecule has 1 amide bonds. The van der Waals surface area contributed by atoms with Crippen LogP contribution < -0.4 is 9.64 Å². The first-order chi connectivity index (χ1) is 15.6. The third-order valence-electron chi connectivity index (χ3n) is 6.74. The number of fused-ring (bicyclic) bond motifs is 1. The minimum absolute atomic E-state index is 0.0272. The van der Waals surface area contributed by atoms with Gasteiger partial charge in [-0.25, -0.2) is 0 Å². The summed E-state index contributed by atoms with van der Waals surface area (Å²) in [6, 6.07) is 10.1. The zero-order valence-corrected chi connectivity index (χ0v) is 18.2. The SMILES string of the molecule is CN1CCOc2ccc(/C(O)=C3/C(=O)C(=O)N(C4CCCCC4)C3c3ccccn3)cc21. The summed E-state index contributed by atoms with van der Waals surface area (Å²) >= 11 is 0. The Balaban J connectivity index is 1.63. The largest absolute Gasteiger partial charge is 0.507 e. The molecule has 7 heteroatoms. The molecule has 0 bridgehead atoms. The number of likely N-dealkylation sites (tertiary alicyclic amines) is 1. The Morgan fingerprint density at radius 1 is 1.12 bits per heavy atom. The standard InChI is InChI=1S/C25H27N3O4/c1-27-13-14-32-20-11-10-16(15-19(20)27)23(29)21-22(18-9-5-6-12-26-18)28(25(31)24(21)30)17-7-3-2-4-8-17/h5-6,9-12,15,17,22,29H,2-4,7-8,13-14H2,1H3/b23-21-. The number of aromatic nitrogens is 1. The summed E-state index contributed by atoms with van der Waals surface area (Å²) in [6.45, 7) is 1.33. The van der Waals surface area contributed by atoms with E-state index in [0.717, 1.165) is 50.1 Å². The fourth-order valence-electron chi connectivity index (χ4n) is 5.07. The Hall–Kier alpha value is -3.35. The van der Waals surface area contributed by atoms with Crippen LogP contribution in [0.25, 0.3) is 5.76 Å². The second kappa shape index (κ2) is 8.30. The maximum absolute atomic E-state index is 13.2. The number of likely N-dealkylation sites (N-methyl/N-ethyl adjacent to an activating group) is 1. The number of aliphatic hydroxyl groups excluding tert-OH is 1. The van der Waals surface area contributed by atoms with Crippen molar-refractivity contribution in [2.24, 2.45) is 0 Å². The second-order valence-electron chi connectivity index (χ2n) is 8.71. The number of hydrogen-bond donors (Lipinski definition) is 1. The van der Waals surface area contributed by atoms with E-state index in [1.54, 1.807) is 29.3 Å². The number of benzene rings is 1. The molecular weight excluding hydrogens is 406 g/mol. The smallest absolute Gasteiger partial charge is 0.295 e. The number of carbonyl (C=O) groups is 2. The number of amides is 1. The van der Waals surface area contributed by atoms with Crippen LogP contribution in [-0.4, -0.2) is 52.9 Å². The van der Waals surface area contributed by atoms with Gasteiger partial charge in [-0.15, -0.1) is 0 Å². The Morgan fingerprint density at radius 3 is 2.69 bits per heavy atom. The maximum atomic E-state index is 13.2. The molecule has 0 spiro atoms. The Kier molecular flexibility index (Phi) is 5.33. The summed E-state index contributed by atoms with van der Waals surface area (Å²) in [5.41, 5.74) is 2.04. The molecule has 2 aliphatic heterocycles. The second-order valence-corrected chi connectivity index (χ2v) is 8.71. The number of aliphatic hydroxyl groups is 1. The molecule has 1 aromatic carbocycles. The van der Waals surface area contributed by atoms with Crippen LogP contribution in [0.3, 0.4) is 0 Å². The van der Waals surface area contributed by atoms with Crippen molar-refractivity contribution >= 4 is 23.1 Å². The fourth-order valence-corrected chi connectivity index (χ4v) is 5.07. The van der Waals surface area contributed by atoms with Crippen LogP contribution in [0, 0.1) is 0 Å². The normalized spacial score (nSPS) is 23.2. The molecule has 1 unspecified atom stereocenters. The van der Waals surface area contributed by atoms with E-state index in [2.05, 4.69) is 4.98 Å². The molecule has 2 fully saturated rings. The lowest BCUT2D eigenvalue weighted by Gasteiger charge is -2.35. The van der Waals surface area contributed by atoms with Gasteiger partial charge in [0.1, 0.15) is 24.2 Å². The number of pyridine rings is 1. The molecule has 1 atom stereocenters. The lowest BCUT2D eigenvalue weighted by Crippen LogP contribution is -2.40. The van der Waals surface area contributed by atoms with Crippen LogP contribution in [-0.2, 0) is 9.59 Å². The van der Waals surface area contributed by atoms with Crippen molar-refractivity contribution in [1.29, 1.82) is 0 Å². The van der Waals surface area contributed by atoms with Crippen molar-refractivity contribution in [2.45, 2.75) is 44.2 Å². The van der Waals surface area contributed by atoms with Gasteiger partial charge in [0.25, 0.3) is 11.7 Å². The highest BCUT2D eigenvalue weighted by Gasteiger charge is 2.49. The summed E-state index contributed by atoms with van der Waals surface area (Å²) < 4.78 is 5.70. The number of hydrogen-bond acceptors (Lipinski definition) is 6. The monoisotopic (exact) mass is 433 g/mol. The predicted octanol–water partition coefficient (Wildman–Crippen LogP) is 3.66. The first-order valence-corrected chi connectivity index (χ1v) is 11.3. The Labute approximate surface area is 187 Å². The van der Waals surface area contributed by atoms with E-state index >= 15 is 0 Å². The van der Waals surface area contributed by atoms with E-state index in [0.29, 0.717) is 17.9 Å².